The van der Waals surface area contributed by atoms with Crippen LogP contribution in [0.4, 0.5) is 0 Å². The van der Waals surface area contributed by atoms with Gasteiger partial charge < -0.3 is 5.32 Å². The SMILES string of the molecule is CCC1CCCCC1NC(=O)c1cccc(Br)n1. The van der Waals surface area contributed by atoms with Crippen LogP contribution in [0.25, 0.3) is 0 Å². The summed E-state index contributed by atoms with van der Waals surface area (Å²) >= 11 is 3.29. The smallest absolute Gasteiger partial charge is 0.270 e. The van der Waals surface area contributed by atoms with Crippen molar-refractivity contribution in [2.75, 3.05) is 0 Å². The lowest BCUT2D eigenvalue weighted by molar-refractivity contribution is 0.0899. The fourth-order valence-electron chi connectivity index (χ4n) is 2.66. The first kappa shape index (κ1) is 13.5. The van der Waals surface area contributed by atoms with Gasteiger partial charge in [-0.15, -0.1) is 0 Å². The molecule has 0 spiro atoms. The quantitative estimate of drug-likeness (QED) is 0.868. The monoisotopic (exact) mass is 310 g/mol. The van der Waals surface area contributed by atoms with Gasteiger partial charge in [0, 0.05) is 6.04 Å². The number of halogens is 1. The van der Waals surface area contributed by atoms with Crippen LogP contribution in [0.15, 0.2) is 22.8 Å². The first-order valence-electron chi connectivity index (χ1n) is 6.64. The van der Waals surface area contributed by atoms with Gasteiger partial charge in [-0.3, -0.25) is 4.79 Å². The van der Waals surface area contributed by atoms with E-state index in [0.717, 1.165) is 12.8 Å². The van der Waals surface area contributed by atoms with Crippen LogP contribution in [-0.4, -0.2) is 16.9 Å². The van der Waals surface area contributed by atoms with Gasteiger partial charge in [0.15, 0.2) is 0 Å². The third-order valence-corrected chi connectivity index (χ3v) is 4.14. The predicted molar refractivity (Wildman–Crippen MR) is 75.4 cm³/mol. The molecule has 1 amide bonds. The van der Waals surface area contributed by atoms with Crippen LogP contribution in [-0.2, 0) is 0 Å². The second-order valence-electron chi connectivity index (χ2n) is 4.88. The number of rotatable bonds is 3. The largest absolute Gasteiger partial charge is 0.348 e. The average Bonchev–Trinajstić information content (AvgIpc) is 2.39. The highest BCUT2D eigenvalue weighted by atomic mass is 79.9. The van der Waals surface area contributed by atoms with Gasteiger partial charge in [-0.1, -0.05) is 32.3 Å². The van der Waals surface area contributed by atoms with Crippen LogP contribution in [0.5, 0.6) is 0 Å². The number of amides is 1. The van der Waals surface area contributed by atoms with Crippen molar-refractivity contribution < 1.29 is 4.79 Å². The van der Waals surface area contributed by atoms with Crippen molar-refractivity contribution in [3.63, 3.8) is 0 Å². The second kappa shape index (κ2) is 6.32. The molecule has 1 aromatic heterocycles. The molecule has 1 N–H and O–H groups in total. The number of nitrogens with zero attached hydrogens (tertiary/aromatic N) is 1. The number of carbonyl (C=O) groups is 1. The molecule has 0 radical (unpaired) electrons. The van der Waals surface area contributed by atoms with E-state index < -0.39 is 0 Å². The van der Waals surface area contributed by atoms with E-state index in [1.165, 1.54) is 19.3 Å². The minimum Gasteiger partial charge on any atom is -0.348 e. The van der Waals surface area contributed by atoms with Gasteiger partial charge in [0.25, 0.3) is 5.91 Å². The van der Waals surface area contributed by atoms with Gasteiger partial charge >= 0.3 is 0 Å². The summed E-state index contributed by atoms with van der Waals surface area (Å²) in [5.41, 5.74) is 0.491. The van der Waals surface area contributed by atoms with E-state index in [4.69, 9.17) is 0 Å². The Bertz CT molecular complexity index is 422. The molecule has 4 heteroatoms. The molecule has 2 unspecified atom stereocenters. The highest BCUT2D eigenvalue weighted by molar-refractivity contribution is 9.10. The van der Waals surface area contributed by atoms with Crippen LogP contribution in [0, 0.1) is 5.92 Å². The Balaban J connectivity index is 2.02. The van der Waals surface area contributed by atoms with E-state index in [2.05, 4.69) is 33.2 Å². The first-order chi connectivity index (χ1) is 8.70. The first-order valence-corrected chi connectivity index (χ1v) is 7.43. The third-order valence-electron chi connectivity index (χ3n) is 3.70. The molecule has 0 bridgehead atoms. The molecule has 0 saturated heterocycles. The lowest BCUT2D eigenvalue weighted by atomic mass is 9.83. The Morgan fingerprint density at radius 2 is 2.22 bits per heavy atom. The molecule has 1 aliphatic rings. The topological polar surface area (TPSA) is 42.0 Å². The van der Waals surface area contributed by atoms with Crippen molar-refractivity contribution in [3.05, 3.63) is 28.5 Å². The van der Waals surface area contributed by atoms with Gasteiger partial charge in [-0.25, -0.2) is 4.98 Å². The number of nitrogens with one attached hydrogen (secondary N) is 1. The highest BCUT2D eigenvalue weighted by Crippen LogP contribution is 2.26. The summed E-state index contributed by atoms with van der Waals surface area (Å²) in [6.07, 6.45) is 5.97. The summed E-state index contributed by atoms with van der Waals surface area (Å²) in [6.45, 7) is 2.20. The lowest BCUT2D eigenvalue weighted by Gasteiger charge is -2.31. The lowest BCUT2D eigenvalue weighted by Crippen LogP contribution is -2.42. The summed E-state index contributed by atoms with van der Waals surface area (Å²) in [5.74, 6) is 0.566. The van der Waals surface area contributed by atoms with Crippen LogP contribution < -0.4 is 5.32 Å². The molecule has 1 aliphatic carbocycles. The van der Waals surface area contributed by atoms with Gasteiger partial charge in [0.1, 0.15) is 10.3 Å². The van der Waals surface area contributed by atoms with Crippen molar-refractivity contribution in [2.45, 2.75) is 45.1 Å². The van der Waals surface area contributed by atoms with Gasteiger partial charge in [0.05, 0.1) is 0 Å². The minimum atomic E-state index is -0.0540. The predicted octanol–water partition coefficient (Wildman–Crippen LogP) is 3.54. The second-order valence-corrected chi connectivity index (χ2v) is 5.69. The molecule has 0 aromatic carbocycles. The van der Waals surface area contributed by atoms with E-state index in [1.54, 1.807) is 6.07 Å². The molecule has 0 aliphatic heterocycles. The standard InChI is InChI=1S/C14H19BrN2O/c1-2-10-6-3-4-7-11(10)17-14(18)12-8-5-9-13(15)16-12/h5,8-11H,2-4,6-7H2,1H3,(H,17,18). The van der Waals surface area contributed by atoms with Crippen LogP contribution in [0.3, 0.4) is 0 Å². The number of hydrogen-bond acceptors (Lipinski definition) is 2. The summed E-state index contributed by atoms with van der Waals surface area (Å²) < 4.78 is 0.700. The fraction of sp³-hybridized carbons (Fsp3) is 0.571. The van der Waals surface area contributed by atoms with Crippen LogP contribution in [0.2, 0.25) is 0 Å². The Morgan fingerprint density at radius 1 is 1.44 bits per heavy atom. The summed E-state index contributed by atoms with van der Waals surface area (Å²) in [5, 5.41) is 3.14. The minimum absolute atomic E-state index is 0.0540. The van der Waals surface area contributed by atoms with Crippen molar-refractivity contribution in [1.29, 1.82) is 0 Å². The molecule has 98 valence electrons. The van der Waals surface area contributed by atoms with Crippen molar-refractivity contribution in [3.8, 4) is 0 Å². The molecule has 18 heavy (non-hydrogen) atoms. The maximum atomic E-state index is 12.1. The molecular formula is C14H19BrN2O. The molecule has 2 rings (SSSR count). The Kier molecular flexibility index (Phi) is 4.75. The van der Waals surface area contributed by atoms with Crippen LogP contribution in [0.1, 0.15) is 49.5 Å². The molecule has 1 fully saturated rings. The molecule has 2 atom stereocenters. The maximum absolute atomic E-state index is 12.1. The molecule has 3 nitrogen and oxygen atoms in total. The molecule has 1 aromatic rings. The zero-order valence-corrected chi connectivity index (χ0v) is 12.2. The van der Waals surface area contributed by atoms with E-state index in [-0.39, 0.29) is 5.91 Å². The number of carbonyl (C=O) groups excluding carboxylic acids is 1. The summed E-state index contributed by atoms with van der Waals surface area (Å²) in [6, 6.07) is 5.73. The van der Waals surface area contributed by atoms with Crippen molar-refractivity contribution >= 4 is 21.8 Å². The van der Waals surface area contributed by atoms with Gasteiger partial charge in [0.2, 0.25) is 0 Å². The Labute approximate surface area is 117 Å². The maximum Gasteiger partial charge on any atom is 0.270 e. The Morgan fingerprint density at radius 3 is 2.94 bits per heavy atom. The normalized spacial score (nSPS) is 23.7. The zero-order valence-electron chi connectivity index (χ0n) is 10.7. The fourth-order valence-corrected chi connectivity index (χ4v) is 3.01. The van der Waals surface area contributed by atoms with Crippen molar-refractivity contribution in [2.24, 2.45) is 5.92 Å². The van der Waals surface area contributed by atoms with Crippen LogP contribution >= 0.6 is 15.9 Å². The van der Waals surface area contributed by atoms with Gasteiger partial charge in [-0.2, -0.15) is 0 Å². The molecule has 1 heterocycles. The average molecular weight is 311 g/mol. The van der Waals surface area contributed by atoms with Crippen molar-refractivity contribution in [1.82, 2.24) is 10.3 Å². The van der Waals surface area contributed by atoms with Gasteiger partial charge in [-0.05, 0) is 46.8 Å². The zero-order chi connectivity index (χ0) is 13.0. The van der Waals surface area contributed by atoms with E-state index >= 15 is 0 Å². The number of pyridine rings is 1. The van der Waals surface area contributed by atoms with E-state index in [1.807, 2.05) is 12.1 Å². The highest BCUT2D eigenvalue weighted by Gasteiger charge is 2.25. The Hall–Kier alpha value is -0.900. The van der Waals surface area contributed by atoms with E-state index in [0.29, 0.717) is 22.3 Å². The number of hydrogen-bond donors (Lipinski definition) is 1. The molecule has 1 saturated carbocycles. The summed E-state index contributed by atoms with van der Waals surface area (Å²) in [4.78, 5) is 16.3. The summed E-state index contributed by atoms with van der Waals surface area (Å²) in [7, 11) is 0. The molecular weight excluding hydrogens is 292 g/mol. The third kappa shape index (κ3) is 3.31. The number of aromatic nitrogens is 1. The van der Waals surface area contributed by atoms with E-state index in [9.17, 15) is 4.79 Å².